The number of anilines is 1. The van der Waals surface area contributed by atoms with Crippen LogP contribution in [0.2, 0.25) is 0 Å². The van der Waals surface area contributed by atoms with Gasteiger partial charge in [-0.1, -0.05) is 24.3 Å². The third-order valence-corrected chi connectivity index (χ3v) is 5.91. The summed E-state index contributed by atoms with van der Waals surface area (Å²) in [7, 11) is 0. The Morgan fingerprint density at radius 3 is 2.75 bits per heavy atom. The second kappa shape index (κ2) is 6.66. The monoisotopic (exact) mass is 405 g/mol. The van der Waals surface area contributed by atoms with Crippen LogP contribution in [-0.2, 0) is 0 Å². The number of carbonyl (C=O) groups is 1. The molecule has 28 heavy (non-hydrogen) atoms. The number of fused-ring (bicyclic) bond motifs is 2. The molecule has 0 aliphatic rings. The first-order chi connectivity index (χ1) is 13.7. The molecule has 8 heteroatoms. The molecule has 2 aromatic carbocycles. The minimum absolute atomic E-state index is 0.0552. The molecule has 0 aliphatic heterocycles. The predicted molar refractivity (Wildman–Crippen MR) is 111 cm³/mol. The summed E-state index contributed by atoms with van der Waals surface area (Å²) in [4.78, 5) is 33.7. The van der Waals surface area contributed by atoms with Gasteiger partial charge in [-0.2, -0.15) is 0 Å². The standard InChI is InChI=1S/C20H11N3O3S2/c24-14-9-16(26-15-7-3-1-5-11(14)15)18(25)23-20-22-13(10-27-20)19-21-12-6-2-4-8-17(12)28-19/h1-10H,(H,22,23,25). The van der Waals surface area contributed by atoms with E-state index in [1.54, 1.807) is 35.6 Å². The van der Waals surface area contributed by atoms with Gasteiger partial charge in [-0.3, -0.25) is 14.9 Å². The third kappa shape index (κ3) is 2.98. The number of thiazole rings is 2. The molecule has 0 bridgehead atoms. The van der Waals surface area contributed by atoms with Crippen molar-refractivity contribution in [1.29, 1.82) is 0 Å². The van der Waals surface area contributed by atoms with Gasteiger partial charge in [0.15, 0.2) is 16.3 Å². The molecule has 0 spiro atoms. The molecule has 3 heterocycles. The molecule has 3 aromatic heterocycles. The van der Waals surface area contributed by atoms with Crippen molar-refractivity contribution in [1.82, 2.24) is 9.97 Å². The van der Waals surface area contributed by atoms with Crippen molar-refractivity contribution in [3.8, 4) is 10.7 Å². The summed E-state index contributed by atoms with van der Waals surface area (Å²) in [6.45, 7) is 0. The summed E-state index contributed by atoms with van der Waals surface area (Å²) in [6, 6.07) is 15.9. The first-order valence-electron chi connectivity index (χ1n) is 8.33. The Labute approximate surface area is 166 Å². The van der Waals surface area contributed by atoms with Crippen LogP contribution in [0.5, 0.6) is 0 Å². The number of para-hydroxylation sites is 2. The zero-order chi connectivity index (χ0) is 19.1. The summed E-state index contributed by atoms with van der Waals surface area (Å²) >= 11 is 2.83. The number of carbonyl (C=O) groups excluding carboxylic acids is 1. The van der Waals surface area contributed by atoms with Gasteiger partial charge in [0.05, 0.1) is 15.6 Å². The predicted octanol–water partition coefficient (Wildman–Crippen LogP) is 4.78. The van der Waals surface area contributed by atoms with Gasteiger partial charge in [-0.25, -0.2) is 9.97 Å². The van der Waals surface area contributed by atoms with Crippen LogP contribution >= 0.6 is 22.7 Å². The molecule has 5 aromatic rings. The summed E-state index contributed by atoms with van der Waals surface area (Å²) in [5.74, 6) is -0.575. The number of benzene rings is 2. The number of hydrogen-bond acceptors (Lipinski definition) is 7. The van der Waals surface area contributed by atoms with Gasteiger partial charge in [-0.05, 0) is 24.3 Å². The van der Waals surface area contributed by atoms with E-state index in [0.717, 1.165) is 15.2 Å². The van der Waals surface area contributed by atoms with Crippen molar-refractivity contribution in [3.05, 3.63) is 76.0 Å². The maximum absolute atomic E-state index is 12.5. The second-order valence-corrected chi connectivity index (χ2v) is 7.84. The van der Waals surface area contributed by atoms with Gasteiger partial charge in [0, 0.05) is 11.4 Å². The molecule has 1 N–H and O–H groups in total. The molecular weight excluding hydrogens is 394 g/mol. The molecule has 0 saturated heterocycles. The average Bonchev–Trinajstić information content (AvgIpc) is 3.34. The number of rotatable bonds is 3. The SMILES string of the molecule is O=C(Nc1nc(-c2nc3ccccc3s2)cs1)c1cc(=O)c2ccccc2o1. The number of amides is 1. The van der Waals surface area contributed by atoms with Crippen LogP contribution in [0.1, 0.15) is 10.6 Å². The lowest BCUT2D eigenvalue weighted by atomic mass is 10.2. The molecule has 1 amide bonds. The average molecular weight is 405 g/mol. The Kier molecular flexibility index (Phi) is 4.00. The smallest absolute Gasteiger partial charge is 0.293 e. The molecule has 5 rings (SSSR count). The van der Waals surface area contributed by atoms with Crippen molar-refractivity contribution >= 4 is 54.9 Å². The van der Waals surface area contributed by atoms with Crippen LogP contribution in [0, 0.1) is 0 Å². The van der Waals surface area contributed by atoms with E-state index in [0.29, 0.717) is 21.8 Å². The zero-order valence-corrected chi connectivity index (χ0v) is 15.8. The van der Waals surface area contributed by atoms with Crippen molar-refractivity contribution < 1.29 is 9.21 Å². The molecule has 0 aliphatic carbocycles. The van der Waals surface area contributed by atoms with E-state index >= 15 is 0 Å². The highest BCUT2D eigenvalue weighted by atomic mass is 32.1. The highest BCUT2D eigenvalue weighted by Gasteiger charge is 2.16. The molecule has 0 atom stereocenters. The van der Waals surface area contributed by atoms with E-state index in [-0.39, 0.29) is 11.2 Å². The van der Waals surface area contributed by atoms with E-state index in [1.807, 2.05) is 29.6 Å². The lowest BCUT2D eigenvalue weighted by Gasteiger charge is -2.02. The summed E-state index contributed by atoms with van der Waals surface area (Å²) in [6.07, 6.45) is 0. The number of hydrogen-bond donors (Lipinski definition) is 1. The van der Waals surface area contributed by atoms with Gasteiger partial charge >= 0.3 is 0 Å². The summed E-state index contributed by atoms with van der Waals surface area (Å²) in [5, 5.41) is 6.16. The molecule has 6 nitrogen and oxygen atoms in total. The largest absolute Gasteiger partial charge is 0.451 e. The highest BCUT2D eigenvalue weighted by molar-refractivity contribution is 7.22. The molecule has 0 radical (unpaired) electrons. The number of nitrogens with one attached hydrogen (secondary N) is 1. The van der Waals surface area contributed by atoms with Crippen molar-refractivity contribution in [2.24, 2.45) is 0 Å². The molecule has 136 valence electrons. The van der Waals surface area contributed by atoms with E-state index in [9.17, 15) is 9.59 Å². The van der Waals surface area contributed by atoms with Crippen molar-refractivity contribution in [2.45, 2.75) is 0 Å². The topological polar surface area (TPSA) is 85.1 Å². The lowest BCUT2D eigenvalue weighted by Crippen LogP contribution is -2.14. The van der Waals surface area contributed by atoms with Crippen LogP contribution in [-0.4, -0.2) is 15.9 Å². The number of nitrogens with zero attached hydrogens (tertiary/aromatic N) is 2. The first kappa shape index (κ1) is 16.8. The third-order valence-electron chi connectivity index (χ3n) is 4.10. The van der Waals surface area contributed by atoms with Crippen LogP contribution in [0.4, 0.5) is 5.13 Å². The van der Waals surface area contributed by atoms with Gasteiger partial charge in [-0.15, -0.1) is 22.7 Å². The van der Waals surface area contributed by atoms with Crippen LogP contribution in [0.25, 0.3) is 31.9 Å². The van der Waals surface area contributed by atoms with Crippen LogP contribution in [0.15, 0.2) is 69.2 Å². The number of aromatic nitrogens is 2. The fourth-order valence-corrected chi connectivity index (χ4v) is 4.48. The Morgan fingerprint density at radius 1 is 1.04 bits per heavy atom. The van der Waals surface area contributed by atoms with Crippen molar-refractivity contribution in [2.75, 3.05) is 5.32 Å². The Morgan fingerprint density at radius 2 is 1.86 bits per heavy atom. The normalized spacial score (nSPS) is 11.1. The highest BCUT2D eigenvalue weighted by Crippen LogP contribution is 2.32. The Balaban J connectivity index is 1.42. The molecule has 0 unspecified atom stereocenters. The quantitative estimate of drug-likeness (QED) is 0.467. The minimum atomic E-state index is -0.520. The lowest BCUT2D eigenvalue weighted by molar-refractivity contribution is 0.0997. The summed E-state index contributed by atoms with van der Waals surface area (Å²) in [5.41, 5.74) is 1.72. The Hall–Kier alpha value is -3.36. The van der Waals surface area contributed by atoms with Gasteiger partial charge < -0.3 is 4.42 Å². The van der Waals surface area contributed by atoms with Gasteiger partial charge in [0.1, 0.15) is 16.3 Å². The summed E-state index contributed by atoms with van der Waals surface area (Å²) < 4.78 is 6.64. The molecule has 0 fully saturated rings. The minimum Gasteiger partial charge on any atom is -0.451 e. The van der Waals surface area contributed by atoms with Crippen molar-refractivity contribution in [3.63, 3.8) is 0 Å². The van der Waals surface area contributed by atoms with Gasteiger partial charge in [0.2, 0.25) is 0 Å². The zero-order valence-electron chi connectivity index (χ0n) is 14.2. The fourth-order valence-electron chi connectivity index (χ4n) is 2.79. The van der Waals surface area contributed by atoms with Crippen LogP contribution in [0.3, 0.4) is 0 Å². The fraction of sp³-hybridized carbons (Fsp3) is 0. The maximum atomic E-state index is 12.5. The van der Waals surface area contributed by atoms with Gasteiger partial charge in [0.25, 0.3) is 5.91 Å². The molecular formula is C20H11N3O3S2. The van der Waals surface area contributed by atoms with Crippen LogP contribution < -0.4 is 10.7 Å². The maximum Gasteiger partial charge on any atom is 0.293 e. The molecule has 0 saturated carbocycles. The second-order valence-electron chi connectivity index (χ2n) is 5.95. The van der Waals surface area contributed by atoms with E-state index in [2.05, 4.69) is 15.3 Å². The first-order valence-corrected chi connectivity index (χ1v) is 10.0. The van der Waals surface area contributed by atoms with E-state index in [1.165, 1.54) is 17.4 Å². The van der Waals surface area contributed by atoms with E-state index in [4.69, 9.17) is 4.42 Å². The van der Waals surface area contributed by atoms with E-state index < -0.39 is 5.91 Å². The Bertz CT molecular complexity index is 1370.